The number of hydrogen-bond donors (Lipinski definition) is 2. The molecule has 0 aromatic carbocycles. The lowest BCUT2D eigenvalue weighted by atomic mass is 9.68. The lowest BCUT2D eigenvalue weighted by Gasteiger charge is -2.59. The van der Waals surface area contributed by atoms with Crippen LogP contribution in [0.2, 0.25) is 0 Å². The molecule has 6 rings (SSSR count). The van der Waals surface area contributed by atoms with Gasteiger partial charge in [-0.2, -0.15) is 10.2 Å². The summed E-state index contributed by atoms with van der Waals surface area (Å²) in [5.41, 5.74) is 3.71. The summed E-state index contributed by atoms with van der Waals surface area (Å²) in [5.74, 6) is -0.312. The summed E-state index contributed by atoms with van der Waals surface area (Å²) in [6.45, 7) is 3.96. The van der Waals surface area contributed by atoms with Crippen molar-refractivity contribution in [2.45, 2.75) is 51.0 Å². The van der Waals surface area contributed by atoms with Gasteiger partial charge in [-0.25, -0.2) is 4.52 Å². The zero-order chi connectivity index (χ0) is 25.6. The Bertz CT molecular complexity index is 1480. The molecule has 5 heterocycles. The minimum Gasteiger partial charge on any atom is -0.325 e. The predicted molar refractivity (Wildman–Crippen MR) is 143 cm³/mol. The zero-order valence-electron chi connectivity index (χ0n) is 21.0. The normalized spacial score (nSPS) is 16.5. The lowest BCUT2D eigenvalue weighted by Crippen LogP contribution is -2.63. The molecule has 1 saturated heterocycles. The minimum atomic E-state index is -0.276. The summed E-state index contributed by atoms with van der Waals surface area (Å²) < 4.78 is 3.44. The van der Waals surface area contributed by atoms with Gasteiger partial charge < -0.3 is 10.6 Å². The van der Waals surface area contributed by atoms with Gasteiger partial charge in [-0.3, -0.25) is 24.2 Å². The first-order valence-electron chi connectivity index (χ1n) is 12.7. The van der Waals surface area contributed by atoms with Gasteiger partial charge in [-0.05, 0) is 51.6 Å². The number of aromatic nitrogens is 5. The van der Waals surface area contributed by atoms with Crippen LogP contribution in [0.4, 0.5) is 11.4 Å². The molecule has 0 bridgehead atoms. The minimum absolute atomic E-state index is 0.0361. The van der Waals surface area contributed by atoms with Crippen LogP contribution in [0.15, 0.2) is 37.1 Å². The van der Waals surface area contributed by atoms with Gasteiger partial charge in [0.2, 0.25) is 5.91 Å². The standard InChI is InChI=1S/C26H30N8O2S/c1-17-21(11-19(13-27-17)30-23(35)5-3-9-33-10-8-26(33)6-4-7-26)31-24(36)20-14-29-34-16-22(37-25(20)34)18-12-28-32(2)15-18/h11-16H,3-10H2,1-2H3,(H,30,35)(H,31,36). The highest BCUT2D eigenvalue weighted by molar-refractivity contribution is 7.21. The van der Waals surface area contributed by atoms with Gasteiger partial charge >= 0.3 is 0 Å². The van der Waals surface area contributed by atoms with Crippen molar-refractivity contribution in [3.8, 4) is 10.4 Å². The summed E-state index contributed by atoms with van der Waals surface area (Å²) in [4.78, 5) is 34.4. The molecule has 1 spiro atoms. The second-order valence-electron chi connectivity index (χ2n) is 10.1. The molecule has 192 valence electrons. The Morgan fingerprint density at radius 2 is 1.97 bits per heavy atom. The van der Waals surface area contributed by atoms with E-state index >= 15 is 0 Å². The number of thiazole rings is 1. The van der Waals surface area contributed by atoms with Gasteiger partial charge in [0.05, 0.1) is 46.1 Å². The van der Waals surface area contributed by atoms with Crippen LogP contribution >= 0.6 is 11.3 Å². The summed E-state index contributed by atoms with van der Waals surface area (Å²) >= 11 is 1.48. The zero-order valence-corrected chi connectivity index (χ0v) is 21.8. The number of fused-ring (bicyclic) bond motifs is 1. The van der Waals surface area contributed by atoms with Crippen molar-refractivity contribution in [3.05, 3.63) is 48.3 Å². The van der Waals surface area contributed by atoms with Gasteiger partial charge in [0.15, 0.2) is 0 Å². The Labute approximate surface area is 218 Å². The van der Waals surface area contributed by atoms with Crippen molar-refractivity contribution in [3.63, 3.8) is 0 Å². The fraction of sp³-hybridized carbons (Fsp3) is 0.423. The third-order valence-corrected chi connectivity index (χ3v) is 8.84. The summed E-state index contributed by atoms with van der Waals surface area (Å²) in [7, 11) is 1.87. The number of nitrogens with zero attached hydrogens (tertiary/aromatic N) is 6. The maximum absolute atomic E-state index is 13.2. The molecular weight excluding hydrogens is 488 g/mol. The molecular formula is C26H30N8O2S. The number of nitrogens with one attached hydrogen (secondary N) is 2. The third kappa shape index (κ3) is 4.53. The second-order valence-corrected chi connectivity index (χ2v) is 11.1. The Morgan fingerprint density at radius 1 is 1.11 bits per heavy atom. The van der Waals surface area contributed by atoms with Crippen molar-refractivity contribution in [2.75, 3.05) is 23.7 Å². The van der Waals surface area contributed by atoms with Crippen LogP contribution in [0, 0.1) is 6.92 Å². The van der Waals surface area contributed by atoms with E-state index in [4.69, 9.17) is 0 Å². The molecule has 1 aliphatic carbocycles. The molecule has 1 aliphatic heterocycles. The second kappa shape index (κ2) is 9.38. The lowest BCUT2D eigenvalue weighted by molar-refractivity contribution is -0.117. The van der Waals surface area contributed by atoms with Crippen molar-refractivity contribution >= 4 is 39.4 Å². The van der Waals surface area contributed by atoms with Crippen LogP contribution in [0.25, 0.3) is 15.3 Å². The molecule has 37 heavy (non-hydrogen) atoms. The largest absolute Gasteiger partial charge is 0.325 e. The van der Waals surface area contributed by atoms with E-state index in [1.165, 1.54) is 37.0 Å². The maximum atomic E-state index is 13.2. The van der Waals surface area contributed by atoms with E-state index in [0.717, 1.165) is 34.8 Å². The number of aryl methyl sites for hydroxylation is 2. The van der Waals surface area contributed by atoms with Crippen LogP contribution in [-0.2, 0) is 11.8 Å². The number of amides is 2. The molecule has 0 radical (unpaired) electrons. The number of likely N-dealkylation sites (tertiary alicyclic amines) is 1. The molecule has 1 saturated carbocycles. The number of rotatable bonds is 8. The SMILES string of the molecule is Cc1ncc(NC(=O)CCCN2CCC23CCC3)cc1NC(=O)c1cnn2cc(-c3cnn(C)c3)sc12. The first kappa shape index (κ1) is 23.8. The van der Waals surface area contributed by atoms with Crippen LogP contribution in [0.1, 0.15) is 54.6 Å². The highest BCUT2D eigenvalue weighted by Crippen LogP contribution is 2.46. The van der Waals surface area contributed by atoms with E-state index < -0.39 is 0 Å². The van der Waals surface area contributed by atoms with E-state index in [-0.39, 0.29) is 11.8 Å². The number of carbonyl (C=O) groups excluding carboxylic acids is 2. The highest BCUT2D eigenvalue weighted by atomic mass is 32.1. The Balaban J connectivity index is 1.08. The van der Waals surface area contributed by atoms with Crippen LogP contribution < -0.4 is 10.6 Å². The summed E-state index contributed by atoms with van der Waals surface area (Å²) in [5, 5.41) is 14.4. The summed E-state index contributed by atoms with van der Waals surface area (Å²) in [6.07, 6.45) is 15.4. The predicted octanol–water partition coefficient (Wildman–Crippen LogP) is 4.10. The first-order chi connectivity index (χ1) is 17.9. The van der Waals surface area contributed by atoms with Gasteiger partial charge in [-0.15, -0.1) is 11.3 Å². The van der Waals surface area contributed by atoms with Crippen LogP contribution in [0.3, 0.4) is 0 Å². The average molecular weight is 519 g/mol. The number of hydrogen-bond acceptors (Lipinski definition) is 7. The van der Waals surface area contributed by atoms with E-state index in [1.807, 2.05) is 26.4 Å². The fourth-order valence-corrected chi connectivity index (χ4v) is 6.31. The molecule has 10 nitrogen and oxygen atoms in total. The Morgan fingerprint density at radius 3 is 2.68 bits per heavy atom. The molecule has 4 aromatic heterocycles. The van der Waals surface area contributed by atoms with E-state index in [0.29, 0.717) is 34.6 Å². The molecule has 0 unspecified atom stereocenters. The monoisotopic (exact) mass is 518 g/mol. The van der Waals surface area contributed by atoms with Gasteiger partial charge in [-0.1, -0.05) is 0 Å². The quantitative estimate of drug-likeness (QED) is 0.364. The topological polar surface area (TPSA) is 109 Å². The van der Waals surface area contributed by atoms with Gasteiger partial charge in [0.1, 0.15) is 4.83 Å². The molecule has 0 atom stereocenters. The third-order valence-electron chi connectivity index (χ3n) is 7.68. The van der Waals surface area contributed by atoms with Gasteiger partial charge in [0, 0.05) is 43.5 Å². The van der Waals surface area contributed by atoms with Crippen molar-refractivity contribution < 1.29 is 9.59 Å². The number of pyridine rings is 1. The van der Waals surface area contributed by atoms with Crippen molar-refractivity contribution in [1.82, 2.24) is 29.3 Å². The fourth-order valence-electron chi connectivity index (χ4n) is 5.28. The highest BCUT2D eigenvalue weighted by Gasteiger charge is 2.48. The van der Waals surface area contributed by atoms with Crippen LogP contribution in [0.5, 0.6) is 0 Å². The smallest absolute Gasteiger partial charge is 0.260 e. The molecule has 2 amide bonds. The number of anilines is 2. The molecule has 2 aliphatic rings. The first-order valence-corrected chi connectivity index (χ1v) is 13.5. The molecule has 11 heteroatoms. The summed E-state index contributed by atoms with van der Waals surface area (Å²) in [6, 6.07) is 1.76. The molecule has 4 aromatic rings. The van der Waals surface area contributed by atoms with Gasteiger partial charge in [0.25, 0.3) is 5.91 Å². The van der Waals surface area contributed by atoms with Crippen molar-refractivity contribution in [2.24, 2.45) is 7.05 Å². The van der Waals surface area contributed by atoms with Crippen molar-refractivity contribution in [1.29, 1.82) is 0 Å². The Kier molecular flexibility index (Phi) is 6.04. The van der Waals surface area contributed by atoms with E-state index in [1.54, 1.807) is 33.9 Å². The Hall–Kier alpha value is -3.57. The van der Waals surface area contributed by atoms with Crippen LogP contribution in [-0.4, -0.2) is 59.7 Å². The molecule has 2 N–H and O–H groups in total. The molecule has 2 fully saturated rings. The maximum Gasteiger partial charge on any atom is 0.260 e. The average Bonchev–Trinajstić information content (AvgIpc) is 3.52. The van der Waals surface area contributed by atoms with E-state index in [2.05, 4.69) is 30.7 Å². The number of carbonyl (C=O) groups is 2. The van der Waals surface area contributed by atoms with E-state index in [9.17, 15) is 9.59 Å².